The number of hydrogen-bond acceptors (Lipinski definition) is 6. The molecule has 0 unspecified atom stereocenters. The Morgan fingerprint density at radius 1 is 1.13 bits per heavy atom. The van der Waals surface area contributed by atoms with Crippen molar-refractivity contribution in [3.05, 3.63) is 80.9 Å². The fourth-order valence-electron chi connectivity index (χ4n) is 2.75. The van der Waals surface area contributed by atoms with Gasteiger partial charge in [-0.2, -0.15) is 0 Å². The Balaban J connectivity index is 1.63. The number of cyclic esters (lactones) is 1. The van der Waals surface area contributed by atoms with Gasteiger partial charge in [-0.3, -0.25) is 9.69 Å². The molecular formula is C21H13Cl2N3O3S. The van der Waals surface area contributed by atoms with Gasteiger partial charge in [-0.15, -0.1) is 11.3 Å². The number of ether oxygens (including phenoxy) is 1. The molecular weight excluding hydrogens is 445 g/mol. The van der Waals surface area contributed by atoms with Crippen molar-refractivity contribution in [2.24, 2.45) is 4.99 Å². The summed E-state index contributed by atoms with van der Waals surface area (Å²) in [4.78, 5) is 34.6. The summed E-state index contributed by atoms with van der Waals surface area (Å²) in [6.07, 6.45) is 1.51. The van der Waals surface area contributed by atoms with Crippen LogP contribution in [0.15, 0.2) is 64.6 Å². The van der Waals surface area contributed by atoms with Crippen LogP contribution in [0.5, 0.6) is 0 Å². The van der Waals surface area contributed by atoms with Crippen LogP contribution in [0, 0.1) is 0 Å². The van der Waals surface area contributed by atoms with E-state index in [0.29, 0.717) is 32.1 Å². The van der Waals surface area contributed by atoms with Crippen molar-refractivity contribution < 1.29 is 14.3 Å². The topological polar surface area (TPSA) is 71.9 Å². The number of thiazole rings is 1. The molecule has 0 bridgehead atoms. The molecule has 0 N–H and O–H groups in total. The van der Waals surface area contributed by atoms with Crippen LogP contribution in [0.1, 0.15) is 18.2 Å². The van der Waals surface area contributed by atoms with E-state index in [2.05, 4.69) is 9.98 Å². The lowest BCUT2D eigenvalue weighted by molar-refractivity contribution is -0.130. The number of nitrogens with zero attached hydrogens (tertiary/aromatic N) is 3. The number of aliphatic imine (C=N–C) groups is 1. The third kappa shape index (κ3) is 4.14. The van der Waals surface area contributed by atoms with Gasteiger partial charge in [0.25, 0.3) is 0 Å². The molecule has 2 aromatic carbocycles. The second-order valence-corrected chi connectivity index (χ2v) is 7.86. The summed E-state index contributed by atoms with van der Waals surface area (Å²) >= 11 is 13.2. The van der Waals surface area contributed by atoms with Crippen molar-refractivity contribution >= 4 is 69.2 Å². The number of rotatable bonds is 4. The summed E-state index contributed by atoms with van der Waals surface area (Å²) in [7, 11) is 0. The fraction of sp³-hybridized carbons (Fsp3) is 0.0476. The maximum atomic E-state index is 12.2. The fourth-order valence-corrected chi connectivity index (χ4v) is 3.89. The van der Waals surface area contributed by atoms with Gasteiger partial charge >= 0.3 is 5.97 Å². The first-order chi connectivity index (χ1) is 14.4. The predicted molar refractivity (Wildman–Crippen MR) is 118 cm³/mol. The Morgan fingerprint density at radius 2 is 1.90 bits per heavy atom. The molecule has 2 heterocycles. The third-order valence-electron chi connectivity index (χ3n) is 4.10. The summed E-state index contributed by atoms with van der Waals surface area (Å²) in [5.74, 6) is -0.637. The van der Waals surface area contributed by atoms with Crippen LogP contribution in [0.25, 0.3) is 6.08 Å². The van der Waals surface area contributed by atoms with Gasteiger partial charge in [0.15, 0.2) is 10.8 Å². The third-order valence-corrected chi connectivity index (χ3v) is 5.69. The number of anilines is 2. The minimum absolute atomic E-state index is 0.0991. The number of esters is 1. The average Bonchev–Trinajstić information content (AvgIpc) is 3.32. The Bertz CT molecular complexity index is 1210. The zero-order valence-corrected chi connectivity index (χ0v) is 17.8. The summed E-state index contributed by atoms with van der Waals surface area (Å²) in [5.41, 5.74) is 1.83. The maximum absolute atomic E-state index is 12.2. The molecule has 0 saturated heterocycles. The van der Waals surface area contributed by atoms with Crippen molar-refractivity contribution in [2.75, 3.05) is 4.90 Å². The molecule has 1 aromatic heterocycles. The van der Waals surface area contributed by atoms with Gasteiger partial charge in [0.2, 0.25) is 11.8 Å². The molecule has 0 saturated carbocycles. The first kappa shape index (κ1) is 20.3. The van der Waals surface area contributed by atoms with Crippen molar-refractivity contribution in [1.82, 2.24) is 4.98 Å². The van der Waals surface area contributed by atoms with Gasteiger partial charge in [0.1, 0.15) is 0 Å². The number of carbonyl (C=O) groups excluding carboxylic acids is 2. The van der Waals surface area contributed by atoms with Crippen LogP contribution in [0.2, 0.25) is 10.0 Å². The molecule has 3 aromatic rings. The second-order valence-electron chi connectivity index (χ2n) is 6.21. The van der Waals surface area contributed by atoms with Crippen molar-refractivity contribution in [2.45, 2.75) is 6.92 Å². The number of hydrogen-bond donors (Lipinski definition) is 0. The van der Waals surface area contributed by atoms with Crippen molar-refractivity contribution in [1.29, 1.82) is 0 Å². The van der Waals surface area contributed by atoms with Crippen molar-refractivity contribution in [3.8, 4) is 0 Å². The number of amides is 1. The molecule has 9 heteroatoms. The van der Waals surface area contributed by atoms with Crippen LogP contribution in [-0.2, 0) is 14.3 Å². The normalized spacial score (nSPS) is 14.6. The summed E-state index contributed by atoms with van der Waals surface area (Å²) in [5, 5.41) is 2.95. The zero-order valence-electron chi connectivity index (χ0n) is 15.5. The van der Waals surface area contributed by atoms with Crippen LogP contribution in [-0.4, -0.2) is 22.8 Å². The molecule has 1 aliphatic rings. The molecule has 0 radical (unpaired) electrons. The number of benzene rings is 2. The predicted octanol–water partition coefficient (Wildman–Crippen LogP) is 5.48. The lowest BCUT2D eigenvalue weighted by Crippen LogP contribution is -2.22. The number of para-hydroxylation sites is 1. The Labute approximate surface area is 186 Å². The second kappa shape index (κ2) is 8.39. The summed E-state index contributed by atoms with van der Waals surface area (Å²) < 4.78 is 5.24. The molecule has 4 rings (SSSR count). The standard InChI is InChI=1S/C21H13Cl2N3O3S/c1-12(27)26(15-5-3-2-4-6-15)21-24-14(11-30-21)10-18-20(28)29-19(25-18)13-7-8-16(22)17(23)9-13/h2-11H,1H3. The molecule has 30 heavy (non-hydrogen) atoms. The van der Waals surface area contributed by atoms with Crippen LogP contribution >= 0.6 is 34.5 Å². The highest BCUT2D eigenvalue weighted by molar-refractivity contribution is 7.14. The molecule has 0 aliphatic carbocycles. The van der Waals surface area contributed by atoms with E-state index in [1.165, 1.54) is 29.2 Å². The first-order valence-electron chi connectivity index (χ1n) is 8.71. The largest absolute Gasteiger partial charge is 0.402 e. The van der Waals surface area contributed by atoms with E-state index < -0.39 is 5.97 Å². The van der Waals surface area contributed by atoms with Crippen LogP contribution in [0.4, 0.5) is 10.8 Å². The van der Waals surface area contributed by atoms with E-state index in [0.717, 1.165) is 0 Å². The lowest BCUT2D eigenvalue weighted by Gasteiger charge is -2.17. The molecule has 0 fully saturated rings. The maximum Gasteiger partial charge on any atom is 0.363 e. The number of aromatic nitrogens is 1. The molecule has 1 amide bonds. The van der Waals surface area contributed by atoms with Gasteiger partial charge in [-0.25, -0.2) is 14.8 Å². The monoisotopic (exact) mass is 457 g/mol. The molecule has 0 spiro atoms. The zero-order chi connectivity index (χ0) is 21.3. The highest BCUT2D eigenvalue weighted by Gasteiger charge is 2.25. The van der Waals surface area contributed by atoms with E-state index in [9.17, 15) is 9.59 Å². The minimum atomic E-state index is -0.600. The molecule has 150 valence electrons. The van der Waals surface area contributed by atoms with Crippen LogP contribution < -0.4 is 4.90 Å². The van der Waals surface area contributed by atoms with E-state index in [1.807, 2.05) is 30.3 Å². The van der Waals surface area contributed by atoms with Gasteiger partial charge in [-0.05, 0) is 36.4 Å². The first-order valence-corrected chi connectivity index (χ1v) is 10.3. The Hall–Kier alpha value is -3.00. The van der Waals surface area contributed by atoms with Gasteiger partial charge in [0.05, 0.1) is 21.4 Å². The van der Waals surface area contributed by atoms with Gasteiger partial charge in [-0.1, -0.05) is 41.4 Å². The van der Waals surface area contributed by atoms with E-state index in [1.54, 1.807) is 23.6 Å². The Morgan fingerprint density at radius 3 is 2.60 bits per heavy atom. The quantitative estimate of drug-likeness (QED) is 0.384. The van der Waals surface area contributed by atoms with Crippen LogP contribution in [0.3, 0.4) is 0 Å². The van der Waals surface area contributed by atoms with E-state index in [4.69, 9.17) is 27.9 Å². The smallest absolute Gasteiger partial charge is 0.363 e. The highest BCUT2D eigenvalue weighted by atomic mass is 35.5. The van der Waals surface area contributed by atoms with E-state index in [-0.39, 0.29) is 17.5 Å². The molecule has 0 atom stereocenters. The SMILES string of the molecule is CC(=O)N(c1ccccc1)c1nc(C=C2N=C(c3ccc(Cl)c(Cl)c3)OC2=O)cs1. The lowest BCUT2D eigenvalue weighted by atomic mass is 10.2. The number of carbonyl (C=O) groups is 2. The highest BCUT2D eigenvalue weighted by Crippen LogP contribution is 2.30. The molecule has 6 nitrogen and oxygen atoms in total. The minimum Gasteiger partial charge on any atom is -0.402 e. The average molecular weight is 458 g/mol. The van der Waals surface area contributed by atoms with E-state index >= 15 is 0 Å². The summed E-state index contributed by atoms with van der Waals surface area (Å²) in [6.45, 7) is 1.47. The van der Waals surface area contributed by atoms with Gasteiger partial charge < -0.3 is 4.74 Å². The van der Waals surface area contributed by atoms with Crippen molar-refractivity contribution in [3.63, 3.8) is 0 Å². The molecule has 1 aliphatic heterocycles. The Kier molecular flexibility index (Phi) is 5.67. The van der Waals surface area contributed by atoms with Gasteiger partial charge in [0, 0.05) is 17.9 Å². The summed E-state index contributed by atoms with van der Waals surface area (Å²) in [6, 6.07) is 14.0. The number of halogens is 2.